The summed E-state index contributed by atoms with van der Waals surface area (Å²) in [5.74, 6) is 1.000. The van der Waals surface area contributed by atoms with Gasteiger partial charge in [0.05, 0.1) is 10.0 Å². The summed E-state index contributed by atoms with van der Waals surface area (Å²) in [5.41, 5.74) is 1.27. The van der Waals surface area contributed by atoms with Crippen LogP contribution in [0.25, 0.3) is 0 Å². The second kappa shape index (κ2) is 6.79. The number of rotatable bonds is 7. The van der Waals surface area contributed by atoms with Crippen LogP contribution < -0.4 is 5.32 Å². The van der Waals surface area contributed by atoms with Crippen LogP contribution >= 0.6 is 23.2 Å². The van der Waals surface area contributed by atoms with Gasteiger partial charge in [0, 0.05) is 6.04 Å². The van der Waals surface area contributed by atoms with E-state index < -0.39 is 0 Å². The zero-order chi connectivity index (χ0) is 13.0. The maximum atomic E-state index is 6.06. The predicted molar refractivity (Wildman–Crippen MR) is 79.6 cm³/mol. The Bertz CT molecular complexity index is 388. The number of likely N-dealkylation sites (N-methyl/N-ethyl adjacent to an activating group) is 1. The molecule has 1 aliphatic rings. The van der Waals surface area contributed by atoms with E-state index in [1.165, 1.54) is 31.2 Å². The van der Waals surface area contributed by atoms with E-state index in [1.807, 2.05) is 12.1 Å². The van der Waals surface area contributed by atoms with Crippen LogP contribution in [-0.2, 0) is 6.42 Å². The molecule has 0 aromatic heterocycles. The summed E-state index contributed by atoms with van der Waals surface area (Å²) >= 11 is 12.0. The van der Waals surface area contributed by atoms with E-state index in [0.717, 1.165) is 18.9 Å². The lowest BCUT2D eigenvalue weighted by Crippen LogP contribution is -2.31. The van der Waals surface area contributed by atoms with Crippen LogP contribution in [0.15, 0.2) is 18.2 Å². The summed E-state index contributed by atoms with van der Waals surface area (Å²) in [6.45, 7) is 3.19. The number of hydrogen-bond donors (Lipinski definition) is 1. The smallest absolute Gasteiger partial charge is 0.0595 e. The van der Waals surface area contributed by atoms with Crippen molar-refractivity contribution >= 4 is 23.2 Å². The summed E-state index contributed by atoms with van der Waals surface area (Å²) in [7, 11) is 0. The third-order valence-electron chi connectivity index (χ3n) is 3.58. The van der Waals surface area contributed by atoms with Crippen molar-refractivity contribution < 1.29 is 0 Å². The average Bonchev–Trinajstić information content (AvgIpc) is 3.15. The first-order chi connectivity index (χ1) is 8.69. The Morgan fingerprint density at radius 3 is 2.67 bits per heavy atom. The van der Waals surface area contributed by atoms with Gasteiger partial charge in [0.25, 0.3) is 0 Å². The van der Waals surface area contributed by atoms with Gasteiger partial charge >= 0.3 is 0 Å². The molecule has 1 atom stereocenters. The van der Waals surface area contributed by atoms with Crippen molar-refractivity contribution in [3.8, 4) is 0 Å². The van der Waals surface area contributed by atoms with Crippen molar-refractivity contribution in [2.24, 2.45) is 5.92 Å². The van der Waals surface area contributed by atoms with Crippen molar-refractivity contribution in [1.82, 2.24) is 5.32 Å². The largest absolute Gasteiger partial charge is 0.314 e. The summed E-state index contributed by atoms with van der Waals surface area (Å²) in [6.07, 6.45) is 6.53. The highest BCUT2D eigenvalue weighted by Crippen LogP contribution is 2.34. The molecule has 1 aromatic carbocycles. The molecule has 18 heavy (non-hydrogen) atoms. The van der Waals surface area contributed by atoms with Crippen LogP contribution in [0.5, 0.6) is 0 Å². The van der Waals surface area contributed by atoms with Crippen LogP contribution in [0, 0.1) is 5.92 Å². The van der Waals surface area contributed by atoms with Crippen LogP contribution in [0.3, 0.4) is 0 Å². The van der Waals surface area contributed by atoms with Gasteiger partial charge in [-0.1, -0.05) is 49.0 Å². The molecular formula is C15H21Cl2N. The van der Waals surface area contributed by atoms with E-state index in [2.05, 4.69) is 18.3 Å². The molecule has 0 bridgehead atoms. The fourth-order valence-corrected chi connectivity index (χ4v) is 2.68. The highest BCUT2D eigenvalue weighted by Gasteiger charge is 2.22. The molecule has 1 fully saturated rings. The van der Waals surface area contributed by atoms with E-state index in [4.69, 9.17) is 23.2 Å². The Kier molecular flexibility index (Phi) is 5.35. The van der Waals surface area contributed by atoms with E-state index in [0.29, 0.717) is 16.1 Å². The first-order valence-electron chi connectivity index (χ1n) is 6.86. The third kappa shape index (κ3) is 4.46. The molecule has 1 saturated carbocycles. The molecule has 1 aliphatic carbocycles. The zero-order valence-electron chi connectivity index (χ0n) is 10.9. The van der Waals surface area contributed by atoms with Gasteiger partial charge in [0.2, 0.25) is 0 Å². The Labute approximate surface area is 120 Å². The minimum atomic E-state index is 0.563. The van der Waals surface area contributed by atoms with Crippen LogP contribution in [0.2, 0.25) is 10.0 Å². The molecule has 100 valence electrons. The average molecular weight is 286 g/mol. The normalized spacial score (nSPS) is 16.8. The lowest BCUT2D eigenvalue weighted by atomic mass is 10.0. The number of nitrogens with one attached hydrogen (secondary N) is 1. The van der Waals surface area contributed by atoms with Gasteiger partial charge in [-0.05, 0) is 49.4 Å². The first kappa shape index (κ1) is 14.2. The van der Waals surface area contributed by atoms with Crippen LogP contribution in [0.1, 0.15) is 38.2 Å². The van der Waals surface area contributed by atoms with Crippen LogP contribution in [-0.4, -0.2) is 12.6 Å². The predicted octanol–water partition coefficient (Wildman–Crippen LogP) is 4.70. The lowest BCUT2D eigenvalue weighted by Gasteiger charge is -2.18. The fraction of sp³-hybridized carbons (Fsp3) is 0.600. The van der Waals surface area contributed by atoms with Gasteiger partial charge in [0.15, 0.2) is 0 Å². The molecule has 3 heteroatoms. The van der Waals surface area contributed by atoms with Crippen molar-refractivity contribution in [2.75, 3.05) is 6.54 Å². The maximum Gasteiger partial charge on any atom is 0.0595 e. The highest BCUT2D eigenvalue weighted by molar-refractivity contribution is 6.42. The Balaban J connectivity index is 1.90. The Hall–Kier alpha value is -0.240. The van der Waals surface area contributed by atoms with E-state index >= 15 is 0 Å². The van der Waals surface area contributed by atoms with Gasteiger partial charge in [-0.2, -0.15) is 0 Å². The van der Waals surface area contributed by atoms with Gasteiger partial charge < -0.3 is 5.32 Å². The molecule has 0 spiro atoms. The topological polar surface area (TPSA) is 12.0 Å². The third-order valence-corrected chi connectivity index (χ3v) is 4.32. The summed E-state index contributed by atoms with van der Waals surface area (Å²) in [5, 5.41) is 4.87. The SMILES string of the molecule is CCNC(CCC1CC1)Cc1ccc(Cl)c(Cl)c1. The van der Waals surface area contributed by atoms with Gasteiger partial charge in [-0.15, -0.1) is 0 Å². The van der Waals surface area contributed by atoms with Crippen molar-refractivity contribution in [3.63, 3.8) is 0 Å². The molecule has 1 nitrogen and oxygen atoms in total. The van der Waals surface area contributed by atoms with Gasteiger partial charge in [-0.3, -0.25) is 0 Å². The molecule has 2 rings (SSSR count). The zero-order valence-corrected chi connectivity index (χ0v) is 12.4. The molecule has 0 saturated heterocycles. The summed E-state index contributed by atoms with van der Waals surface area (Å²) < 4.78 is 0. The molecule has 0 amide bonds. The summed E-state index contributed by atoms with van der Waals surface area (Å²) in [4.78, 5) is 0. The minimum absolute atomic E-state index is 0.563. The number of benzene rings is 1. The van der Waals surface area contributed by atoms with E-state index in [9.17, 15) is 0 Å². The van der Waals surface area contributed by atoms with E-state index in [1.54, 1.807) is 0 Å². The molecule has 1 unspecified atom stereocenters. The Morgan fingerprint density at radius 1 is 1.28 bits per heavy atom. The van der Waals surface area contributed by atoms with Gasteiger partial charge in [-0.25, -0.2) is 0 Å². The molecule has 0 heterocycles. The van der Waals surface area contributed by atoms with Crippen molar-refractivity contribution in [2.45, 2.75) is 45.1 Å². The van der Waals surface area contributed by atoms with E-state index in [-0.39, 0.29) is 0 Å². The maximum absolute atomic E-state index is 6.06. The first-order valence-corrected chi connectivity index (χ1v) is 7.62. The molecular weight excluding hydrogens is 265 g/mol. The molecule has 1 aromatic rings. The number of halogens is 2. The number of hydrogen-bond acceptors (Lipinski definition) is 1. The second-order valence-electron chi connectivity index (χ2n) is 5.23. The standard InChI is InChI=1S/C15H21Cl2N/c1-2-18-13(7-5-11-3-4-11)9-12-6-8-14(16)15(17)10-12/h6,8,10-11,13,18H,2-5,7,9H2,1H3. The quantitative estimate of drug-likeness (QED) is 0.765. The lowest BCUT2D eigenvalue weighted by molar-refractivity contribution is 0.462. The second-order valence-corrected chi connectivity index (χ2v) is 6.04. The molecule has 1 N–H and O–H groups in total. The molecule has 0 aliphatic heterocycles. The minimum Gasteiger partial charge on any atom is -0.314 e. The van der Waals surface area contributed by atoms with Crippen molar-refractivity contribution in [3.05, 3.63) is 33.8 Å². The fourth-order valence-electron chi connectivity index (χ4n) is 2.36. The highest BCUT2D eigenvalue weighted by atomic mass is 35.5. The van der Waals surface area contributed by atoms with Crippen LogP contribution in [0.4, 0.5) is 0 Å². The Morgan fingerprint density at radius 2 is 2.06 bits per heavy atom. The van der Waals surface area contributed by atoms with Gasteiger partial charge in [0.1, 0.15) is 0 Å². The molecule has 0 radical (unpaired) electrons. The monoisotopic (exact) mass is 285 g/mol. The van der Waals surface area contributed by atoms with Crippen molar-refractivity contribution in [1.29, 1.82) is 0 Å². The summed E-state index contributed by atoms with van der Waals surface area (Å²) in [6, 6.07) is 6.53.